The minimum Gasteiger partial charge on any atom is -0.478 e. The van der Waals surface area contributed by atoms with Gasteiger partial charge in [-0.2, -0.15) is 4.31 Å². The smallest absolute Gasteiger partial charge is 0.337 e. The van der Waals surface area contributed by atoms with Crippen molar-refractivity contribution in [3.63, 3.8) is 0 Å². The lowest BCUT2D eigenvalue weighted by Gasteiger charge is -2.33. The zero-order chi connectivity index (χ0) is 16.5. The number of carboxylic acids is 1. The van der Waals surface area contributed by atoms with Crippen molar-refractivity contribution in [3.05, 3.63) is 28.8 Å². The Morgan fingerprint density at radius 1 is 1.18 bits per heavy atom. The normalized spacial score (nSPS) is 16.5. The summed E-state index contributed by atoms with van der Waals surface area (Å²) in [6, 6.07) is 3.59. The highest BCUT2D eigenvalue weighted by Gasteiger charge is 2.30. The van der Waals surface area contributed by atoms with E-state index in [1.165, 1.54) is 23.4 Å². The number of carbonyl (C=O) groups excluding carboxylic acids is 1. The van der Waals surface area contributed by atoms with Gasteiger partial charge in [0.25, 0.3) is 0 Å². The van der Waals surface area contributed by atoms with Crippen LogP contribution in [0.4, 0.5) is 0 Å². The number of aromatic carboxylic acids is 1. The summed E-state index contributed by atoms with van der Waals surface area (Å²) >= 11 is 5.75. The van der Waals surface area contributed by atoms with E-state index >= 15 is 0 Å². The summed E-state index contributed by atoms with van der Waals surface area (Å²) in [4.78, 5) is 23.8. The van der Waals surface area contributed by atoms with Crippen molar-refractivity contribution in [2.45, 2.75) is 11.8 Å². The second kappa shape index (κ2) is 6.23. The van der Waals surface area contributed by atoms with Crippen LogP contribution in [0.5, 0.6) is 0 Å². The number of hydrogen-bond acceptors (Lipinski definition) is 4. The monoisotopic (exact) mass is 346 g/mol. The molecule has 2 rings (SSSR count). The number of halogens is 1. The van der Waals surface area contributed by atoms with Crippen LogP contribution in [0.15, 0.2) is 23.1 Å². The molecule has 0 saturated carbocycles. The molecule has 0 bridgehead atoms. The largest absolute Gasteiger partial charge is 0.478 e. The molecule has 1 heterocycles. The number of rotatable bonds is 3. The van der Waals surface area contributed by atoms with Gasteiger partial charge in [0.15, 0.2) is 0 Å². The molecule has 1 aromatic rings. The van der Waals surface area contributed by atoms with Crippen molar-refractivity contribution in [3.8, 4) is 0 Å². The predicted octanol–water partition coefficient (Wildman–Crippen LogP) is 0.891. The maximum Gasteiger partial charge on any atom is 0.337 e. The average molecular weight is 347 g/mol. The van der Waals surface area contributed by atoms with Crippen LogP contribution in [0.1, 0.15) is 17.3 Å². The number of carbonyl (C=O) groups is 2. The van der Waals surface area contributed by atoms with Gasteiger partial charge in [-0.15, -0.1) is 0 Å². The minimum absolute atomic E-state index is 0.0205. The number of benzene rings is 1. The van der Waals surface area contributed by atoms with E-state index in [9.17, 15) is 18.0 Å². The molecule has 0 aliphatic carbocycles. The molecule has 0 unspecified atom stereocenters. The van der Waals surface area contributed by atoms with E-state index in [0.29, 0.717) is 13.1 Å². The van der Waals surface area contributed by atoms with E-state index in [1.54, 1.807) is 4.90 Å². The fourth-order valence-corrected chi connectivity index (χ4v) is 3.87. The number of amides is 1. The van der Waals surface area contributed by atoms with Crippen LogP contribution in [0, 0.1) is 0 Å². The summed E-state index contributed by atoms with van der Waals surface area (Å²) in [7, 11) is -3.81. The van der Waals surface area contributed by atoms with E-state index in [1.807, 2.05) is 0 Å². The zero-order valence-corrected chi connectivity index (χ0v) is 13.4. The number of carboxylic acid groups (broad SMARTS) is 1. The quantitative estimate of drug-likeness (QED) is 0.877. The van der Waals surface area contributed by atoms with Gasteiger partial charge in [0.05, 0.1) is 15.5 Å². The van der Waals surface area contributed by atoms with Crippen LogP contribution in [-0.2, 0) is 14.8 Å². The third-order valence-corrected chi connectivity index (χ3v) is 5.71. The van der Waals surface area contributed by atoms with Gasteiger partial charge in [0.2, 0.25) is 15.9 Å². The van der Waals surface area contributed by atoms with Crippen LogP contribution in [-0.4, -0.2) is 60.8 Å². The van der Waals surface area contributed by atoms with Crippen molar-refractivity contribution in [2.24, 2.45) is 0 Å². The Morgan fingerprint density at radius 3 is 2.27 bits per heavy atom. The van der Waals surface area contributed by atoms with Crippen LogP contribution in [0.2, 0.25) is 5.02 Å². The first-order valence-corrected chi connectivity index (χ1v) is 8.34. The average Bonchev–Trinajstić information content (AvgIpc) is 2.47. The Morgan fingerprint density at radius 2 is 1.77 bits per heavy atom. The molecule has 0 spiro atoms. The third kappa shape index (κ3) is 3.23. The molecule has 0 radical (unpaired) electrons. The van der Waals surface area contributed by atoms with Crippen LogP contribution < -0.4 is 0 Å². The van der Waals surface area contributed by atoms with Gasteiger partial charge in [-0.05, 0) is 18.2 Å². The summed E-state index contributed by atoms with van der Waals surface area (Å²) in [6.45, 7) is 2.41. The van der Waals surface area contributed by atoms with Crippen LogP contribution >= 0.6 is 11.6 Å². The Kier molecular flexibility index (Phi) is 4.74. The lowest BCUT2D eigenvalue weighted by molar-refractivity contribution is -0.129. The van der Waals surface area contributed by atoms with Gasteiger partial charge in [-0.1, -0.05) is 11.6 Å². The zero-order valence-electron chi connectivity index (χ0n) is 11.8. The highest BCUT2D eigenvalue weighted by molar-refractivity contribution is 7.89. The molecule has 120 valence electrons. The van der Waals surface area contributed by atoms with Gasteiger partial charge in [0.1, 0.15) is 0 Å². The van der Waals surface area contributed by atoms with Gasteiger partial charge in [-0.25, -0.2) is 13.2 Å². The van der Waals surface area contributed by atoms with E-state index in [2.05, 4.69) is 0 Å². The first-order chi connectivity index (χ1) is 10.2. The highest BCUT2D eigenvalue weighted by atomic mass is 35.5. The fraction of sp³-hybridized carbons (Fsp3) is 0.385. The summed E-state index contributed by atoms with van der Waals surface area (Å²) in [5.41, 5.74) is -0.259. The standard InChI is InChI=1S/C13H15ClN2O5S/c1-9(17)15-4-6-16(7-5-15)22(20,21)10-2-3-12(14)11(8-10)13(18)19/h2-3,8H,4-7H2,1H3,(H,18,19). The van der Waals surface area contributed by atoms with Crippen molar-refractivity contribution in [2.75, 3.05) is 26.2 Å². The number of sulfonamides is 1. The Bertz CT molecular complexity index is 711. The molecule has 1 N–H and O–H groups in total. The number of hydrogen-bond donors (Lipinski definition) is 1. The fourth-order valence-electron chi connectivity index (χ4n) is 2.22. The third-order valence-electron chi connectivity index (χ3n) is 3.49. The predicted molar refractivity (Wildman–Crippen MR) is 79.4 cm³/mol. The molecule has 9 heteroatoms. The summed E-state index contributed by atoms with van der Waals surface area (Å²) in [5, 5.41) is 9.00. The van der Waals surface area contributed by atoms with E-state index in [4.69, 9.17) is 16.7 Å². The lowest BCUT2D eigenvalue weighted by Crippen LogP contribution is -2.49. The van der Waals surface area contributed by atoms with Crippen molar-refractivity contribution < 1.29 is 23.1 Å². The minimum atomic E-state index is -3.81. The van der Waals surface area contributed by atoms with Crippen LogP contribution in [0.3, 0.4) is 0 Å². The van der Waals surface area contributed by atoms with E-state index < -0.39 is 16.0 Å². The first kappa shape index (κ1) is 16.7. The summed E-state index contributed by atoms with van der Waals surface area (Å²) in [6.07, 6.45) is 0. The molecule has 1 aliphatic heterocycles. The van der Waals surface area contributed by atoms with Crippen molar-refractivity contribution in [1.82, 2.24) is 9.21 Å². The van der Waals surface area contributed by atoms with Crippen LogP contribution in [0.25, 0.3) is 0 Å². The second-order valence-electron chi connectivity index (χ2n) is 4.86. The molecular formula is C13H15ClN2O5S. The molecule has 1 fully saturated rings. The van der Waals surface area contributed by atoms with E-state index in [-0.39, 0.29) is 34.5 Å². The Hall–Kier alpha value is -1.64. The summed E-state index contributed by atoms with van der Waals surface area (Å²) in [5.74, 6) is -1.39. The van der Waals surface area contributed by atoms with Gasteiger partial charge in [0, 0.05) is 33.1 Å². The highest BCUT2D eigenvalue weighted by Crippen LogP contribution is 2.23. The first-order valence-electron chi connectivity index (χ1n) is 6.52. The molecule has 1 aliphatic rings. The maximum absolute atomic E-state index is 12.5. The van der Waals surface area contributed by atoms with Gasteiger partial charge >= 0.3 is 5.97 Å². The second-order valence-corrected chi connectivity index (χ2v) is 7.20. The molecule has 1 amide bonds. The molecule has 1 aromatic carbocycles. The molecule has 0 atom stereocenters. The molecule has 22 heavy (non-hydrogen) atoms. The SMILES string of the molecule is CC(=O)N1CCN(S(=O)(=O)c2ccc(Cl)c(C(=O)O)c2)CC1. The van der Waals surface area contributed by atoms with E-state index in [0.717, 1.165) is 6.07 Å². The van der Waals surface area contributed by atoms with Gasteiger partial charge in [-0.3, -0.25) is 4.79 Å². The lowest BCUT2D eigenvalue weighted by atomic mass is 10.2. The molecule has 7 nitrogen and oxygen atoms in total. The Labute approximate surface area is 133 Å². The van der Waals surface area contributed by atoms with Crippen molar-refractivity contribution in [1.29, 1.82) is 0 Å². The molecule has 0 aromatic heterocycles. The van der Waals surface area contributed by atoms with Crippen molar-refractivity contribution >= 4 is 33.5 Å². The topological polar surface area (TPSA) is 95.0 Å². The Balaban J connectivity index is 2.26. The number of piperazine rings is 1. The molecular weight excluding hydrogens is 332 g/mol. The molecule has 1 saturated heterocycles. The number of nitrogens with zero attached hydrogens (tertiary/aromatic N) is 2. The maximum atomic E-state index is 12.5. The summed E-state index contributed by atoms with van der Waals surface area (Å²) < 4.78 is 26.3. The van der Waals surface area contributed by atoms with Gasteiger partial charge < -0.3 is 10.0 Å².